The van der Waals surface area contributed by atoms with Gasteiger partial charge in [0.15, 0.2) is 0 Å². The Morgan fingerprint density at radius 1 is 1.20 bits per heavy atom. The van der Waals surface area contributed by atoms with Gasteiger partial charge in [-0.05, 0) is 42.4 Å². The van der Waals surface area contributed by atoms with E-state index >= 15 is 0 Å². The molecule has 140 valence electrons. The van der Waals surface area contributed by atoms with Crippen LogP contribution in [0.2, 0.25) is 0 Å². The molecule has 3 atom stereocenters. The van der Waals surface area contributed by atoms with Gasteiger partial charge in [-0.15, -0.1) is 12.4 Å². The van der Waals surface area contributed by atoms with Crippen LogP contribution in [0.5, 0.6) is 0 Å². The monoisotopic (exact) mass is 394 g/mol. The second kappa shape index (κ2) is 7.55. The molecule has 1 aliphatic heterocycles. The lowest BCUT2D eigenvalue weighted by Gasteiger charge is -2.19. The van der Waals surface area contributed by atoms with Crippen LogP contribution in [0.25, 0.3) is 0 Å². The Morgan fingerprint density at radius 2 is 1.84 bits per heavy atom. The lowest BCUT2D eigenvalue weighted by molar-refractivity contribution is -0.129. The molecule has 25 heavy (non-hydrogen) atoms. The highest BCUT2D eigenvalue weighted by Crippen LogP contribution is 2.37. The van der Waals surface area contributed by atoms with Crippen molar-refractivity contribution in [2.75, 3.05) is 13.1 Å². The van der Waals surface area contributed by atoms with Gasteiger partial charge < -0.3 is 10.6 Å². The molecule has 2 fully saturated rings. The maximum absolute atomic E-state index is 12.5. The number of benzene rings is 1. The van der Waals surface area contributed by atoms with Crippen molar-refractivity contribution in [3.8, 4) is 0 Å². The van der Waals surface area contributed by atoms with Gasteiger partial charge in [0.05, 0.1) is 11.3 Å². The van der Waals surface area contributed by atoms with E-state index in [0.717, 1.165) is 31.5 Å². The lowest BCUT2D eigenvalue weighted by atomic mass is 9.98. The molecule has 0 radical (unpaired) electrons. The number of hydrogen-bond acceptors (Lipinski definition) is 4. The van der Waals surface area contributed by atoms with E-state index in [4.69, 9.17) is 5.73 Å². The average molecular weight is 395 g/mol. The Hall–Kier alpha value is -1.25. The van der Waals surface area contributed by atoms with E-state index in [1.165, 1.54) is 12.1 Å². The summed E-state index contributed by atoms with van der Waals surface area (Å²) >= 11 is 0. The third-order valence-electron chi connectivity index (χ3n) is 5.11. The fourth-order valence-corrected chi connectivity index (χ4v) is 4.42. The largest absolute Gasteiger partial charge is 0.342 e. The first-order valence-electron chi connectivity index (χ1n) is 7.93. The van der Waals surface area contributed by atoms with Crippen molar-refractivity contribution in [3.05, 3.63) is 29.8 Å². The maximum atomic E-state index is 12.5. The third-order valence-corrected chi connectivity index (χ3v) is 6.51. The topological polar surface area (TPSA) is 80.5 Å². The van der Waals surface area contributed by atoms with Gasteiger partial charge in [0, 0.05) is 19.1 Å². The van der Waals surface area contributed by atoms with Gasteiger partial charge in [0.2, 0.25) is 15.7 Å². The molecule has 1 saturated carbocycles. The molecular weight excluding hydrogens is 374 g/mol. The number of nitrogens with zero attached hydrogens (tertiary/aromatic N) is 1. The van der Waals surface area contributed by atoms with Crippen LogP contribution in [0, 0.1) is 11.8 Å². The maximum Gasteiger partial charge on any atom is 0.341 e. The number of amides is 1. The molecule has 1 aromatic carbocycles. The van der Waals surface area contributed by atoms with Gasteiger partial charge in [-0.25, -0.2) is 8.42 Å². The number of rotatable bonds is 4. The molecule has 2 N–H and O–H groups in total. The molecule has 0 spiro atoms. The van der Waals surface area contributed by atoms with Crippen LogP contribution in [0.3, 0.4) is 0 Å². The van der Waals surface area contributed by atoms with Gasteiger partial charge in [-0.3, -0.25) is 4.79 Å². The number of fused-ring (bicyclic) bond motifs is 1. The third kappa shape index (κ3) is 3.96. The van der Waals surface area contributed by atoms with Crippen molar-refractivity contribution in [3.63, 3.8) is 0 Å². The zero-order chi connectivity index (χ0) is 17.5. The molecule has 1 heterocycles. The lowest BCUT2D eigenvalue weighted by Crippen LogP contribution is -2.34. The molecular formula is C16H21ClF2N2O3S. The van der Waals surface area contributed by atoms with Gasteiger partial charge in [-0.2, -0.15) is 8.78 Å². The zero-order valence-electron chi connectivity index (χ0n) is 13.5. The fraction of sp³-hybridized carbons (Fsp3) is 0.562. The van der Waals surface area contributed by atoms with Gasteiger partial charge in [-0.1, -0.05) is 12.1 Å². The van der Waals surface area contributed by atoms with Crippen molar-refractivity contribution in [2.45, 2.75) is 36.0 Å². The molecule has 5 nitrogen and oxygen atoms in total. The Kier molecular flexibility index (Phi) is 6.06. The second-order valence-electron chi connectivity index (χ2n) is 6.59. The van der Waals surface area contributed by atoms with E-state index in [2.05, 4.69) is 0 Å². The van der Waals surface area contributed by atoms with E-state index in [1.807, 2.05) is 0 Å². The molecule has 1 saturated heterocycles. The standard InChI is InChI=1S/C16H20F2N2O3S.ClH/c17-16(18)24(22,23)12-4-1-10(2-5-12)7-15(21)20-8-11-3-6-14(19)13(11)9-20;/h1-2,4-5,11,13-14,16H,3,6-9,19H2;1H. The number of halogens is 3. The molecule has 2 aliphatic rings. The van der Waals surface area contributed by atoms with Gasteiger partial charge >= 0.3 is 5.76 Å². The smallest absolute Gasteiger partial charge is 0.341 e. The van der Waals surface area contributed by atoms with Gasteiger partial charge in [0.25, 0.3) is 0 Å². The molecule has 9 heteroatoms. The van der Waals surface area contributed by atoms with E-state index in [0.29, 0.717) is 23.9 Å². The van der Waals surface area contributed by atoms with Crippen molar-refractivity contribution in [1.29, 1.82) is 0 Å². The van der Waals surface area contributed by atoms with Gasteiger partial charge in [0.1, 0.15) is 0 Å². The minimum absolute atomic E-state index is 0. The van der Waals surface area contributed by atoms with Crippen LogP contribution in [0.4, 0.5) is 8.78 Å². The van der Waals surface area contributed by atoms with Crippen LogP contribution >= 0.6 is 12.4 Å². The highest BCUT2D eigenvalue weighted by Gasteiger charge is 2.42. The Morgan fingerprint density at radius 3 is 2.40 bits per heavy atom. The molecule has 1 aliphatic carbocycles. The highest BCUT2D eigenvalue weighted by atomic mass is 35.5. The summed E-state index contributed by atoms with van der Waals surface area (Å²) in [6.07, 6.45) is 2.19. The number of hydrogen-bond donors (Lipinski definition) is 1. The van der Waals surface area contributed by atoms with Crippen molar-refractivity contribution in [2.24, 2.45) is 17.6 Å². The van der Waals surface area contributed by atoms with Crippen LogP contribution in [-0.2, 0) is 21.1 Å². The number of carbonyl (C=O) groups is 1. The fourth-order valence-electron chi connectivity index (χ4n) is 3.70. The predicted molar refractivity (Wildman–Crippen MR) is 91.4 cm³/mol. The first-order valence-corrected chi connectivity index (χ1v) is 9.48. The van der Waals surface area contributed by atoms with E-state index in [-0.39, 0.29) is 30.8 Å². The predicted octanol–water partition coefficient (Wildman–Crippen LogP) is 1.84. The SMILES string of the molecule is Cl.NC1CCC2CN(C(=O)Cc3ccc(S(=O)(=O)C(F)F)cc3)CC12. The number of carbonyl (C=O) groups excluding carboxylic acids is 1. The van der Waals surface area contributed by atoms with Crippen molar-refractivity contribution < 1.29 is 22.0 Å². The van der Waals surface area contributed by atoms with Crippen LogP contribution in [-0.4, -0.2) is 44.1 Å². The van der Waals surface area contributed by atoms with Crippen LogP contribution < -0.4 is 5.73 Å². The summed E-state index contributed by atoms with van der Waals surface area (Å²) in [7, 11) is -4.60. The summed E-state index contributed by atoms with van der Waals surface area (Å²) in [5.74, 6) is -2.64. The highest BCUT2D eigenvalue weighted by molar-refractivity contribution is 7.91. The summed E-state index contributed by atoms with van der Waals surface area (Å²) in [5, 5.41) is 0. The van der Waals surface area contributed by atoms with E-state index in [9.17, 15) is 22.0 Å². The van der Waals surface area contributed by atoms with E-state index < -0.39 is 20.5 Å². The Balaban J connectivity index is 0.00000225. The van der Waals surface area contributed by atoms with E-state index in [1.54, 1.807) is 4.90 Å². The van der Waals surface area contributed by atoms with Crippen LogP contribution in [0.1, 0.15) is 18.4 Å². The quantitative estimate of drug-likeness (QED) is 0.845. The summed E-state index contributed by atoms with van der Waals surface area (Å²) < 4.78 is 47.8. The molecule has 1 amide bonds. The Bertz CT molecular complexity index is 727. The molecule has 0 bridgehead atoms. The summed E-state index contributed by atoms with van der Waals surface area (Å²) in [5.41, 5.74) is 6.67. The number of likely N-dealkylation sites (tertiary alicyclic amines) is 1. The van der Waals surface area contributed by atoms with Crippen molar-refractivity contribution in [1.82, 2.24) is 4.90 Å². The zero-order valence-corrected chi connectivity index (χ0v) is 15.1. The number of alkyl halides is 2. The summed E-state index contributed by atoms with van der Waals surface area (Å²) in [6.45, 7) is 1.39. The Labute approximate surface area is 151 Å². The average Bonchev–Trinajstić information content (AvgIpc) is 3.10. The molecule has 0 aromatic heterocycles. The normalized spacial score (nSPS) is 25.8. The second-order valence-corrected chi connectivity index (χ2v) is 8.51. The minimum Gasteiger partial charge on any atom is -0.342 e. The molecule has 3 rings (SSSR count). The van der Waals surface area contributed by atoms with Crippen LogP contribution in [0.15, 0.2) is 29.2 Å². The molecule has 1 aromatic rings. The first-order chi connectivity index (χ1) is 11.3. The minimum atomic E-state index is -4.60. The number of nitrogens with two attached hydrogens (primary N) is 1. The van der Waals surface area contributed by atoms with Crippen molar-refractivity contribution >= 4 is 28.2 Å². The summed E-state index contributed by atoms with van der Waals surface area (Å²) in [6, 6.07) is 5.23. The summed E-state index contributed by atoms with van der Waals surface area (Å²) in [4.78, 5) is 13.8. The first kappa shape index (κ1) is 20.1. The number of sulfone groups is 1. The molecule has 3 unspecified atom stereocenters.